The van der Waals surface area contributed by atoms with Crippen molar-refractivity contribution in [3.8, 4) is 0 Å². The van der Waals surface area contributed by atoms with Crippen molar-refractivity contribution in [3.05, 3.63) is 0 Å². The van der Waals surface area contributed by atoms with Crippen molar-refractivity contribution in [1.82, 2.24) is 4.90 Å². The predicted molar refractivity (Wildman–Crippen MR) is 39.9 cm³/mol. The number of likely N-dealkylation sites (tertiary alicyclic amines) is 1. The summed E-state index contributed by atoms with van der Waals surface area (Å²) in [6.07, 6.45) is 0. The summed E-state index contributed by atoms with van der Waals surface area (Å²) in [5.41, 5.74) is 0. The fourth-order valence-electron chi connectivity index (χ4n) is 2.20. The summed E-state index contributed by atoms with van der Waals surface area (Å²) >= 11 is 0. The van der Waals surface area contributed by atoms with Gasteiger partial charge in [-0.2, -0.15) is 0 Å². The lowest BCUT2D eigenvalue weighted by atomic mass is 9.95. The first-order chi connectivity index (χ1) is 4.79. The lowest BCUT2D eigenvalue weighted by Gasteiger charge is -2.17. The number of ether oxygens (including phenoxy) is 1. The van der Waals surface area contributed by atoms with Gasteiger partial charge >= 0.3 is 0 Å². The zero-order chi connectivity index (χ0) is 7.14. The normalized spacial score (nSPS) is 48.0. The van der Waals surface area contributed by atoms with E-state index in [1.54, 1.807) is 0 Å². The van der Waals surface area contributed by atoms with Crippen LogP contribution in [0.5, 0.6) is 0 Å². The van der Waals surface area contributed by atoms with Gasteiger partial charge in [0.1, 0.15) is 0 Å². The smallest absolute Gasteiger partial charge is 0.0513 e. The molecule has 0 radical (unpaired) electrons. The minimum Gasteiger partial charge on any atom is -0.381 e. The van der Waals surface area contributed by atoms with Crippen molar-refractivity contribution in [1.29, 1.82) is 0 Å². The van der Waals surface area contributed by atoms with Crippen molar-refractivity contribution < 1.29 is 4.74 Å². The molecule has 10 heavy (non-hydrogen) atoms. The first-order valence-electron chi connectivity index (χ1n) is 4.07. The molecule has 2 rings (SSSR count). The fraction of sp³-hybridized carbons (Fsp3) is 1.00. The van der Waals surface area contributed by atoms with E-state index in [4.69, 9.17) is 4.74 Å². The lowest BCUT2D eigenvalue weighted by molar-refractivity contribution is 0.145. The second kappa shape index (κ2) is 2.21. The first kappa shape index (κ1) is 6.62. The molecule has 0 aromatic carbocycles. The molecule has 0 aliphatic carbocycles. The monoisotopic (exact) mass is 141 g/mol. The summed E-state index contributed by atoms with van der Waals surface area (Å²) in [6, 6.07) is 0.743. The summed E-state index contributed by atoms with van der Waals surface area (Å²) in [4.78, 5) is 2.44. The molecule has 58 valence electrons. The molecule has 0 bridgehead atoms. The minimum absolute atomic E-state index is 0.743. The van der Waals surface area contributed by atoms with E-state index in [2.05, 4.69) is 18.9 Å². The van der Waals surface area contributed by atoms with Gasteiger partial charge in [0, 0.05) is 24.4 Å². The van der Waals surface area contributed by atoms with E-state index < -0.39 is 0 Å². The third kappa shape index (κ3) is 0.789. The van der Waals surface area contributed by atoms with Crippen LogP contribution in [0.3, 0.4) is 0 Å². The highest BCUT2D eigenvalue weighted by atomic mass is 16.5. The third-order valence-corrected chi connectivity index (χ3v) is 3.09. The van der Waals surface area contributed by atoms with Gasteiger partial charge in [-0.25, -0.2) is 0 Å². The van der Waals surface area contributed by atoms with Gasteiger partial charge in [0.25, 0.3) is 0 Å². The molecule has 2 saturated heterocycles. The lowest BCUT2D eigenvalue weighted by Crippen LogP contribution is -2.27. The Bertz CT molecular complexity index is 135. The summed E-state index contributed by atoms with van der Waals surface area (Å²) in [7, 11) is 2.21. The highest BCUT2D eigenvalue weighted by Gasteiger charge is 2.40. The van der Waals surface area contributed by atoms with Gasteiger partial charge < -0.3 is 9.64 Å². The Labute approximate surface area is 62.2 Å². The number of hydrogen-bond acceptors (Lipinski definition) is 2. The van der Waals surface area contributed by atoms with Crippen LogP contribution in [0.4, 0.5) is 0 Å². The highest BCUT2D eigenvalue weighted by Crippen LogP contribution is 2.33. The highest BCUT2D eigenvalue weighted by molar-refractivity contribution is 4.91. The van der Waals surface area contributed by atoms with Gasteiger partial charge in [0.2, 0.25) is 0 Å². The molecular formula is C8H15NO. The quantitative estimate of drug-likeness (QED) is 0.489. The molecule has 2 nitrogen and oxygen atoms in total. The van der Waals surface area contributed by atoms with Gasteiger partial charge in [-0.05, 0) is 14.0 Å². The van der Waals surface area contributed by atoms with E-state index in [1.165, 1.54) is 6.54 Å². The molecule has 2 aliphatic heterocycles. The Morgan fingerprint density at radius 1 is 1.40 bits per heavy atom. The van der Waals surface area contributed by atoms with Crippen LogP contribution in [-0.4, -0.2) is 37.7 Å². The molecule has 2 heterocycles. The van der Waals surface area contributed by atoms with E-state index >= 15 is 0 Å². The summed E-state index contributed by atoms with van der Waals surface area (Å²) < 4.78 is 5.40. The molecule has 0 N–H and O–H groups in total. The molecule has 0 spiro atoms. The second-order valence-electron chi connectivity index (χ2n) is 3.64. The van der Waals surface area contributed by atoms with Crippen molar-refractivity contribution in [2.75, 3.05) is 26.8 Å². The number of nitrogens with zero attached hydrogens (tertiary/aromatic N) is 1. The minimum atomic E-state index is 0.743. The summed E-state index contributed by atoms with van der Waals surface area (Å²) in [5.74, 6) is 1.66. The molecule has 0 aromatic rings. The maximum Gasteiger partial charge on any atom is 0.0513 e. The Morgan fingerprint density at radius 2 is 2.20 bits per heavy atom. The molecule has 3 unspecified atom stereocenters. The molecule has 2 aliphatic rings. The Morgan fingerprint density at radius 3 is 2.90 bits per heavy atom. The van der Waals surface area contributed by atoms with Crippen LogP contribution in [0, 0.1) is 11.8 Å². The van der Waals surface area contributed by atoms with Gasteiger partial charge in [-0.3, -0.25) is 0 Å². The number of rotatable bonds is 0. The van der Waals surface area contributed by atoms with Crippen LogP contribution in [0.15, 0.2) is 0 Å². The SMILES string of the molecule is CC1C2COCC2CN1C. The van der Waals surface area contributed by atoms with E-state index in [9.17, 15) is 0 Å². The van der Waals surface area contributed by atoms with Crippen LogP contribution < -0.4 is 0 Å². The van der Waals surface area contributed by atoms with Crippen LogP contribution in [0.1, 0.15) is 6.92 Å². The molecule has 0 aromatic heterocycles. The second-order valence-corrected chi connectivity index (χ2v) is 3.64. The molecule has 0 amide bonds. The van der Waals surface area contributed by atoms with Crippen molar-refractivity contribution in [3.63, 3.8) is 0 Å². The number of fused-ring (bicyclic) bond motifs is 1. The Balaban J connectivity index is 2.09. The molecular weight excluding hydrogens is 126 g/mol. The summed E-state index contributed by atoms with van der Waals surface area (Å²) in [6.45, 7) is 5.54. The van der Waals surface area contributed by atoms with Gasteiger partial charge in [0.15, 0.2) is 0 Å². The Hall–Kier alpha value is -0.0800. The molecule has 3 atom stereocenters. The van der Waals surface area contributed by atoms with Crippen molar-refractivity contribution in [2.24, 2.45) is 11.8 Å². The average Bonchev–Trinajstić information content (AvgIpc) is 2.41. The largest absolute Gasteiger partial charge is 0.381 e. The van der Waals surface area contributed by atoms with Crippen LogP contribution >= 0.6 is 0 Å². The first-order valence-corrected chi connectivity index (χ1v) is 4.07. The van der Waals surface area contributed by atoms with E-state index in [1.807, 2.05) is 0 Å². The van der Waals surface area contributed by atoms with Crippen LogP contribution in [0.25, 0.3) is 0 Å². The zero-order valence-electron chi connectivity index (χ0n) is 6.71. The van der Waals surface area contributed by atoms with Crippen molar-refractivity contribution in [2.45, 2.75) is 13.0 Å². The fourth-order valence-corrected chi connectivity index (χ4v) is 2.20. The third-order valence-electron chi connectivity index (χ3n) is 3.09. The standard InChI is InChI=1S/C8H15NO/c1-6-8-5-10-4-7(8)3-9(6)2/h6-8H,3-5H2,1-2H3. The molecule has 0 saturated carbocycles. The Kier molecular flexibility index (Phi) is 1.46. The van der Waals surface area contributed by atoms with Gasteiger partial charge in [-0.1, -0.05) is 0 Å². The van der Waals surface area contributed by atoms with E-state index in [0.29, 0.717) is 0 Å². The van der Waals surface area contributed by atoms with Crippen molar-refractivity contribution >= 4 is 0 Å². The van der Waals surface area contributed by atoms with Crippen LogP contribution in [0.2, 0.25) is 0 Å². The number of hydrogen-bond donors (Lipinski definition) is 0. The predicted octanol–water partition coefficient (Wildman–Crippen LogP) is 0.583. The molecule has 2 fully saturated rings. The zero-order valence-corrected chi connectivity index (χ0v) is 6.71. The maximum atomic E-state index is 5.40. The topological polar surface area (TPSA) is 12.5 Å². The summed E-state index contributed by atoms with van der Waals surface area (Å²) in [5, 5.41) is 0. The molecule has 2 heteroatoms. The maximum absolute atomic E-state index is 5.40. The van der Waals surface area contributed by atoms with Crippen LogP contribution in [-0.2, 0) is 4.74 Å². The van der Waals surface area contributed by atoms with Gasteiger partial charge in [-0.15, -0.1) is 0 Å². The van der Waals surface area contributed by atoms with Gasteiger partial charge in [0.05, 0.1) is 13.2 Å². The average molecular weight is 141 g/mol. The van der Waals surface area contributed by atoms with E-state index in [0.717, 1.165) is 31.1 Å². The van der Waals surface area contributed by atoms with E-state index in [-0.39, 0.29) is 0 Å².